The van der Waals surface area contributed by atoms with Gasteiger partial charge in [0.05, 0.1) is 6.42 Å². The summed E-state index contributed by atoms with van der Waals surface area (Å²) < 4.78 is 5.70. The molecule has 0 aromatic rings. The minimum absolute atomic E-state index is 0.0350. The molecule has 2 aliphatic carbocycles. The molecule has 18 heavy (non-hydrogen) atoms. The number of carbonyl (C=O) groups excluding carboxylic acids is 1. The van der Waals surface area contributed by atoms with Crippen LogP contribution in [0.5, 0.6) is 0 Å². The molecule has 0 radical (unpaired) electrons. The smallest absolute Gasteiger partial charge is 0.306 e. The van der Waals surface area contributed by atoms with Crippen molar-refractivity contribution < 1.29 is 9.53 Å². The molecule has 0 bridgehead atoms. The van der Waals surface area contributed by atoms with Crippen molar-refractivity contribution >= 4 is 5.97 Å². The van der Waals surface area contributed by atoms with Crippen LogP contribution in [0.4, 0.5) is 0 Å². The van der Waals surface area contributed by atoms with Gasteiger partial charge < -0.3 is 4.74 Å². The van der Waals surface area contributed by atoms with Crippen molar-refractivity contribution in [2.75, 3.05) is 0 Å². The molecule has 1 aliphatic heterocycles. The van der Waals surface area contributed by atoms with E-state index in [1.54, 1.807) is 0 Å². The Kier molecular flexibility index (Phi) is 2.44. The first-order valence-electron chi connectivity index (χ1n) is 7.50. The molecule has 1 heterocycles. The monoisotopic (exact) mass is 250 g/mol. The maximum atomic E-state index is 11.8. The first-order chi connectivity index (χ1) is 8.28. The van der Waals surface area contributed by atoms with Gasteiger partial charge >= 0.3 is 5.97 Å². The van der Waals surface area contributed by atoms with E-state index in [1.807, 2.05) is 0 Å². The molecular formula is C16H26O2. The minimum Gasteiger partial charge on any atom is -0.459 e. The van der Waals surface area contributed by atoms with Crippen molar-refractivity contribution in [2.45, 2.75) is 71.8 Å². The summed E-state index contributed by atoms with van der Waals surface area (Å²) >= 11 is 0. The number of fused-ring (bicyclic) bond motifs is 3. The second-order valence-corrected chi connectivity index (χ2v) is 7.98. The molecule has 0 amide bonds. The third-order valence-corrected chi connectivity index (χ3v) is 6.46. The normalized spacial score (nSPS) is 50.3. The lowest BCUT2D eigenvalue weighted by molar-refractivity contribution is -0.164. The Morgan fingerprint density at radius 2 is 1.78 bits per heavy atom. The highest BCUT2D eigenvalue weighted by Gasteiger charge is 2.62. The summed E-state index contributed by atoms with van der Waals surface area (Å²) in [4.78, 5) is 11.8. The molecule has 0 unspecified atom stereocenters. The maximum Gasteiger partial charge on any atom is 0.306 e. The van der Waals surface area contributed by atoms with Gasteiger partial charge in [0.25, 0.3) is 0 Å². The van der Waals surface area contributed by atoms with Gasteiger partial charge in [0.1, 0.15) is 5.60 Å². The highest BCUT2D eigenvalue weighted by Crippen LogP contribution is 2.64. The molecule has 0 N–H and O–H groups in total. The van der Waals surface area contributed by atoms with Crippen LogP contribution in [-0.2, 0) is 9.53 Å². The van der Waals surface area contributed by atoms with Gasteiger partial charge in [0.2, 0.25) is 0 Å². The second-order valence-electron chi connectivity index (χ2n) is 7.98. The number of ether oxygens (including phenoxy) is 1. The van der Waals surface area contributed by atoms with E-state index < -0.39 is 0 Å². The number of hydrogen-bond acceptors (Lipinski definition) is 2. The zero-order valence-electron chi connectivity index (χ0n) is 12.2. The molecule has 0 spiro atoms. The van der Waals surface area contributed by atoms with Crippen LogP contribution in [0, 0.1) is 22.7 Å². The van der Waals surface area contributed by atoms with E-state index in [2.05, 4.69) is 27.7 Å². The third kappa shape index (κ3) is 1.50. The van der Waals surface area contributed by atoms with Crippen molar-refractivity contribution in [1.82, 2.24) is 0 Å². The topological polar surface area (TPSA) is 26.3 Å². The van der Waals surface area contributed by atoms with Gasteiger partial charge in [-0.05, 0) is 49.4 Å². The van der Waals surface area contributed by atoms with Crippen molar-refractivity contribution in [3.05, 3.63) is 0 Å². The Morgan fingerprint density at radius 1 is 1.06 bits per heavy atom. The van der Waals surface area contributed by atoms with Crippen molar-refractivity contribution in [2.24, 2.45) is 22.7 Å². The largest absolute Gasteiger partial charge is 0.459 e. The maximum absolute atomic E-state index is 11.8. The predicted molar refractivity (Wildman–Crippen MR) is 71.1 cm³/mol. The van der Waals surface area contributed by atoms with E-state index in [4.69, 9.17) is 4.74 Å². The van der Waals surface area contributed by atoms with Crippen LogP contribution in [0.25, 0.3) is 0 Å². The van der Waals surface area contributed by atoms with Gasteiger partial charge in [-0.1, -0.05) is 27.2 Å². The van der Waals surface area contributed by atoms with Gasteiger partial charge in [-0.2, -0.15) is 0 Å². The van der Waals surface area contributed by atoms with Crippen molar-refractivity contribution in [3.63, 3.8) is 0 Å². The first kappa shape index (κ1) is 12.5. The molecule has 2 heteroatoms. The number of rotatable bonds is 0. The summed E-state index contributed by atoms with van der Waals surface area (Å²) in [7, 11) is 0. The van der Waals surface area contributed by atoms with Gasteiger partial charge in [0.15, 0.2) is 0 Å². The van der Waals surface area contributed by atoms with E-state index >= 15 is 0 Å². The van der Waals surface area contributed by atoms with Crippen LogP contribution in [0.15, 0.2) is 0 Å². The van der Waals surface area contributed by atoms with Crippen molar-refractivity contribution in [3.8, 4) is 0 Å². The summed E-state index contributed by atoms with van der Waals surface area (Å²) in [5, 5.41) is 0. The van der Waals surface area contributed by atoms with Gasteiger partial charge in [-0.15, -0.1) is 0 Å². The summed E-state index contributed by atoms with van der Waals surface area (Å²) in [5.74, 6) is 1.23. The lowest BCUT2D eigenvalue weighted by Crippen LogP contribution is -2.55. The van der Waals surface area contributed by atoms with E-state index in [0.29, 0.717) is 23.2 Å². The molecule has 4 atom stereocenters. The molecule has 3 fully saturated rings. The van der Waals surface area contributed by atoms with E-state index in [-0.39, 0.29) is 11.6 Å². The van der Waals surface area contributed by atoms with Gasteiger partial charge in [0, 0.05) is 5.92 Å². The summed E-state index contributed by atoms with van der Waals surface area (Å²) in [6, 6.07) is 0. The lowest BCUT2D eigenvalue weighted by atomic mass is 9.45. The fourth-order valence-corrected chi connectivity index (χ4v) is 5.65. The Morgan fingerprint density at radius 3 is 2.50 bits per heavy atom. The Labute approximate surface area is 110 Å². The Hall–Kier alpha value is -0.530. The second kappa shape index (κ2) is 3.52. The third-order valence-electron chi connectivity index (χ3n) is 6.46. The number of esters is 1. The highest BCUT2D eigenvalue weighted by molar-refractivity contribution is 5.73. The molecule has 3 rings (SSSR count). The summed E-state index contributed by atoms with van der Waals surface area (Å²) in [5.41, 5.74) is 0.566. The predicted octanol–water partition coefficient (Wildman–Crippen LogP) is 3.93. The molecule has 0 aromatic carbocycles. The Balaban J connectivity index is 2.00. The van der Waals surface area contributed by atoms with Gasteiger partial charge in [-0.3, -0.25) is 4.79 Å². The zero-order chi connectivity index (χ0) is 13.2. The highest BCUT2D eigenvalue weighted by atomic mass is 16.6. The average molecular weight is 250 g/mol. The van der Waals surface area contributed by atoms with Gasteiger partial charge in [-0.25, -0.2) is 0 Å². The molecule has 2 nitrogen and oxygen atoms in total. The zero-order valence-corrected chi connectivity index (χ0v) is 12.2. The molecular weight excluding hydrogens is 224 g/mol. The van der Waals surface area contributed by atoms with Crippen LogP contribution in [0.3, 0.4) is 0 Å². The van der Waals surface area contributed by atoms with Crippen LogP contribution in [0.2, 0.25) is 0 Å². The first-order valence-corrected chi connectivity index (χ1v) is 7.50. The van der Waals surface area contributed by atoms with E-state index in [9.17, 15) is 4.79 Å². The summed E-state index contributed by atoms with van der Waals surface area (Å²) in [6.07, 6.45) is 6.86. The summed E-state index contributed by atoms with van der Waals surface area (Å²) in [6.45, 7) is 9.46. The minimum atomic E-state index is -0.171. The molecule has 2 saturated carbocycles. The standard InChI is InChI=1S/C16H26O2/c1-14(2)7-5-8-15(3)11(14)6-9-16(4)12(15)10-13(17)18-16/h11-12H,5-10H2,1-4H3/t11-,12-,15+,16-/m0/s1. The Bertz CT molecular complexity index is 387. The molecule has 102 valence electrons. The quantitative estimate of drug-likeness (QED) is 0.609. The van der Waals surface area contributed by atoms with Crippen LogP contribution in [-0.4, -0.2) is 11.6 Å². The van der Waals surface area contributed by atoms with Crippen molar-refractivity contribution in [1.29, 1.82) is 0 Å². The molecule has 0 aromatic heterocycles. The van der Waals surface area contributed by atoms with Crippen LogP contribution < -0.4 is 0 Å². The SMILES string of the molecule is CC1(C)CCC[C@]2(C)[C@H]1CC[C@]1(C)OC(=O)C[C@@H]21. The molecule has 1 saturated heterocycles. The van der Waals surface area contributed by atoms with E-state index in [1.165, 1.54) is 25.7 Å². The number of carbonyl (C=O) groups is 1. The number of hydrogen-bond donors (Lipinski definition) is 0. The molecule has 3 aliphatic rings. The lowest BCUT2D eigenvalue weighted by Gasteiger charge is -2.59. The average Bonchev–Trinajstić information content (AvgIpc) is 2.53. The van der Waals surface area contributed by atoms with Crippen LogP contribution in [0.1, 0.15) is 66.2 Å². The van der Waals surface area contributed by atoms with Crippen LogP contribution >= 0.6 is 0 Å². The fraction of sp³-hybridized carbons (Fsp3) is 0.938. The fourth-order valence-electron chi connectivity index (χ4n) is 5.65. The van der Waals surface area contributed by atoms with E-state index in [0.717, 1.165) is 12.3 Å².